The van der Waals surface area contributed by atoms with Gasteiger partial charge in [-0.3, -0.25) is 5.43 Å². The Morgan fingerprint density at radius 1 is 1.30 bits per heavy atom. The second-order valence-electron chi connectivity index (χ2n) is 5.33. The van der Waals surface area contributed by atoms with E-state index in [1.54, 1.807) is 11.3 Å². The molecule has 0 aliphatic carbocycles. The number of nitrogens with zero attached hydrogens (tertiary/aromatic N) is 3. The molecule has 108 valence electrons. The first-order valence-electron chi connectivity index (χ1n) is 6.96. The second kappa shape index (κ2) is 5.51. The van der Waals surface area contributed by atoms with Crippen LogP contribution in [0.1, 0.15) is 33.1 Å². The Morgan fingerprint density at radius 2 is 2.05 bits per heavy atom. The van der Waals surface area contributed by atoms with Gasteiger partial charge in [-0.25, -0.2) is 15.8 Å². The van der Waals surface area contributed by atoms with Crippen molar-refractivity contribution in [1.82, 2.24) is 15.0 Å². The number of hydrogen-bond acceptors (Lipinski definition) is 7. The van der Waals surface area contributed by atoms with Gasteiger partial charge in [0.15, 0.2) is 5.82 Å². The number of hydrogen-bond donors (Lipinski definition) is 3. The van der Waals surface area contributed by atoms with Crippen LogP contribution in [-0.2, 0) is 0 Å². The molecule has 0 radical (unpaired) electrons. The number of nitrogens with two attached hydrogens (primary N) is 1. The van der Waals surface area contributed by atoms with Gasteiger partial charge in [0.2, 0.25) is 5.95 Å². The summed E-state index contributed by atoms with van der Waals surface area (Å²) in [4.78, 5) is 9.76. The highest BCUT2D eigenvalue weighted by Crippen LogP contribution is 2.29. The fraction of sp³-hybridized carbons (Fsp3) is 0.538. The molecule has 6 nitrogen and oxygen atoms in total. The average Bonchev–Trinajstić information content (AvgIpc) is 2.91. The highest BCUT2D eigenvalue weighted by molar-refractivity contribution is 7.16. The number of anilines is 2. The summed E-state index contributed by atoms with van der Waals surface area (Å²) in [5, 5.41) is 5.36. The molecule has 0 saturated carbocycles. The maximum atomic E-state index is 5.45. The lowest BCUT2D eigenvalue weighted by atomic mass is 10.00. The summed E-state index contributed by atoms with van der Waals surface area (Å²) in [6.45, 7) is 4.49. The Bertz CT molecular complexity index is 588. The van der Waals surface area contributed by atoms with Crippen LogP contribution in [0.5, 0.6) is 0 Å². The van der Waals surface area contributed by atoms with Gasteiger partial charge in [-0.1, -0.05) is 6.42 Å². The Hall–Kier alpha value is -1.44. The van der Waals surface area contributed by atoms with Gasteiger partial charge in [0.1, 0.15) is 4.83 Å². The SMILES string of the molecule is CC1CCCC(C)N1Nc1nc(NN)nc2sccc12. The van der Waals surface area contributed by atoms with Crippen molar-refractivity contribution in [3.8, 4) is 0 Å². The van der Waals surface area contributed by atoms with Gasteiger partial charge in [-0.05, 0) is 38.1 Å². The number of piperidine rings is 1. The van der Waals surface area contributed by atoms with Gasteiger partial charge < -0.3 is 5.43 Å². The van der Waals surface area contributed by atoms with E-state index in [0.717, 1.165) is 16.0 Å². The maximum Gasteiger partial charge on any atom is 0.240 e. The number of nitrogen functional groups attached to an aromatic ring is 1. The molecule has 1 aliphatic rings. The third-order valence-electron chi connectivity index (χ3n) is 3.88. The Kier molecular flexibility index (Phi) is 3.73. The molecule has 3 rings (SSSR count). The number of thiophene rings is 1. The molecule has 4 N–H and O–H groups in total. The normalized spacial score (nSPS) is 23.9. The molecule has 1 saturated heterocycles. The quantitative estimate of drug-likeness (QED) is 0.596. The molecule has 0 bridgehead atoms. The average molecular weight is 292 g/mol. The summed E-state index contributed by atoms with van der Waals surface area (Å²) in [5.41, 5.74) is 6.01. The van der Waals surface area contributed by atoms with Crippen molar-refractivity contribution in [2.45, 2.75) is 45.2 Å². The second-order valence-corrected chi connectivity index (χ2v) is 6.22. The molecule has 2 aromatic rings. The minimum absolute atomic E-state index is 0.444. The Balaban J connectivity index is 1.94. The van der Waals surface area contributed by atoms with Crippen molar-refractivity contribution < 1.29 is 0 Å². The molecule has 7 heteroatoms. The van der Waals surface area contributed by atoms with Crippen LogP contribution in [0.25, 0.3) is 10.2 Å². The van der Waals surface area contributed by atoms with Gasteiger partial charge in [0, 0.05) is 12.1 Å². The van der Waals surface area contributed by atoms with Crippen LogP contribution in [0.2, 0.25) is 0 Å². The lowest BCUT2D eigenvalue weighted by molar-refractivity contribution is 0.135. The van der Waals surface area contributed by atoms with Crippen molar-refractivity contribution in [1.29, 1.82) is 0 Å². The van der Waals surface area contributed by atoms with Crippen molar-refractivity contribution in [3.63, 3.8) is 0 Å². The van der Waals surface area contributed by atoms with E-state index in [1.807, 2.05) is 11.4 Å². The molecule has 1 fully saturated rings. The van der Waals surface area contributed by atoms with Crippen LogP contribution >= 0.6 is 11.3 Å². The molecule has 0 aromatic carbocycles. The van der Waals surface area contributed by atoms with Crippen molar-refractivity contribution in [3.05, 3.63) is 11.4 Å². The zero-order chi connectivity index (χ0) is 14.1. The minimum atomic E-state index is 0.444. The smallest absolute Gasteiger partial charge is 0.240 e. The fourth-order valence-corrected chi connectivity index (χ4v) is 3.53. The third kappa shape index (κ3) is 2.44. The molecule has 1 aliphatic heterocycles. The Labute approximate surface area is 122 Å². The van der Waals surface area contributed by atoms with Gasteiger partial charge in [0.25, 0.3) is 0 Å². The van der Waals surface area contributed by atoms with Crippen LogP contribution in [-0.4, -0.2) is 27.1 Å². The van der Waals surface area contributed by atoms with Crippen molar-refractivity contribution in [2.24, 2.45) is 5.84 Å². The predicted octanol–water partition coefficient (Wildman–Crippen LogP) is 2.57. The summed E-state index contributed by atoms with van der Waals surface area (Å²) in [7, 11) is 0. The molecule has 3 heterocycles. The first-order valence-corrected chi connectivity index (χ1v) is 7.84. The fourth-order valence-electron chi connectivity index (χ4n) is 2.77. The maximum absolute atomic E-state index is 5.45. The first kappa shape index (κ1) is 13.5. The van der Waals surface area contributed by atoms with Crippen LogP contribution in [0.15, 0.2) is 11.4 Å². The number of hydrazine groups is 2. The van der Waals surface area contributed by atoms with Gasteiger partial charge in [-0.15, -0.1) is 11.3 Å². The summed E-state index contributed by atoms with van der Waals surface area (Å²) in [5.74, 6) is 6.72. The molecule has 2 atom stereocenters. The molecule has 2 aromatic heterocycles. The largest absolute Gasteiger partial charge is 0.302 e. The highest BCUT2D eigenvalue weighted by Gasteiger charge is 2.25. The minimum Gasteiger partial charge on any atom is -0.302 e. The van der Waals surface area contributed by atoms with E-state index in [0.29, 0.717) is 18.0 Å². The number of aromatic nitrogens is 2. The molecule has 20 heavy (non-hydrogen) atoms. The van der Waals surface area contributed by atoms with E-state index >= 15 is 0 Å². The van der Waals surface area contributed by atoms with Gasteiger partial charge in [-0.2, -0.15) is 4.98 Å². The van der Waals surface area contributed by atoms with E-state index in [4.69, 9.17) is 5.84 Å². The molecule has 0 amide bonds. The first-order chi connectivity index (χ1) is 9.69. The van der Waals surface area contributed by atoms with Crippen LogP contribution in [0.3, 0.4) is 0 Å². The molecular formula is C13H20N6S. The molecule has 2 unspecified atom stereocenters. The monoisotopic (exact) mass is 292 g/mol. The van der Waals surface area contributed by atoms with E-state index in [9.17, 15) is 0 Å². The van der Waals surface area contributed by atoms with Crippen molar-refractivity contribution in [2.75, 3.05) is 10.9 Å². The molecular weight excluding hydrogens is 272 g/mol. The van der Waals surface area contributed by atoms with E-state index in [2.05, 4.69) is 39.7 Å². The van der Waals surface area contributed by atoms with E-state index in [-0.39, 0.29) is 0 Å². The lowest BCUT2D eigenvalue weighted by Crippen LogP contribution is -2.47. The molecule has 0 spiro atoms. The standard InChI is InChI=1S/C13H20N6S/c1-8-4-3-5-9(2)19(8)18-11-10-6-7-20-12(10)16-13(15-11)17-14/h6-9H,3-5,14H2,1-2H3,(H2,15,16,17,18). The summed E-state index contributed by atoms with van der Waals surface area (Å²) in [6, 6.07) is 3.04. The number of fused-ring (bicyclic) bond motifs is 1. The van der Waals surface area contributed by atoms with E-state index in [1.165, 1.54) is 19.3 Å². The summed E-state index contributed by atoms with van der Waals surface area (Å²) >= 11 is 1.59. The van der Waals surface area contributed by atoms with Gasteiger partial charge >= 0.3 is 0 Å². The number of rotatable bonds is 3. The van der Waals surface area contributed by atoms with Crippen LogP contribution in [0, 0.1) is 0 Å². The predicted molar refractivity (Wildman–Crippen MR) is 83.5 cm³/mol. The van der Waals surface area contributed by atoms with E-state index < -0.39 is 0 Å². The zero-order valence-electron chi connectivity index (χ0n) is 11.8. The van der Waals surface area contributed by atoms with Gasteiger partial charge in [0.05, 0.1) is 5.39 Å². The van der Waals surface area contributed by atoms with Crippen LogP contribution < -0.4 is 16.7 Å². The number of nitrogens with one attached hydrogen (secondary N) is 2. The third-order valence-corrected chi connectivity index (χ3v) is 4.69. The zero-order valence-corrected chi connectivity index (χ0v) is 12.6. The van der Waals surface area contributed by atoms with Crippen molar-refractivity contribution >= 4 is 33.3 Å². The Morgan fingerprint density at radius 3 is 2.75 bits per heavy atom. The lowest BCUT2D eigenvalue weighted by Gasteiger charge is -2.39. The topological polar surface area (TPSA) is 79.1 Å². The van der Waals surface area contributed by atoms with Crippen LogP contribution in [0.4, 0.5) is 11.8 Å². The highest BCUT2D eigenvalue weighted by atomic mass is 32.1. The summed E-state index contributed by atoms with van der Waals surface area (Å²) < 4.78 is 0. The summed E-state index contributed by atoms with van der Waals surface area (Å²) in [6.07, 6.45) is 3.70.